The Morgan fingerprint density at radius 1 is 0.970 bits per heavy atom. The Labute approximate surface area is 201 Å². The van der Waals surface area contributed by atoms with Crippen LogP contribution in [0.3, 0.4) is 0 Å². The summed E-state index contributed by atoms with van der Waals surface area (Å²) in [4.78, 5) is 21.6. The Morgan fingerprint density at radius 2 is 1.82 bits per heavy atom. The van der Waals surface area contributed by atoms with Gasteiger partial charge in [0.05, 0.1) is 5.69 Å². The Kier molecular flexibility index (Phi) is 6.32. The molecule has 0 unspecified atom stereocenters. The molecule has 0 spiro atoms. The lowest BCUT2D eigenvalue weighted by molar-refractivity contribution is 0.0726. The van der Waals surface area contributed by atoms with E-state index in [-0.39, 0.29) is 11.9 Å². The largest absolute Gasteiger partial charge is 0.365 e. The van der Waals surface area contributed by atoms with E-state index in [1.807, 2.05) is 22.7 Å². The number of thioether (sulfide) groups is 1. The molecule has 0 aromatic heterocycles. The number of hydrogen-bond donors (Lipinski definition) is 0. The van der Waals surface area contributed by atoms with Crippen LogP contribution >= 0.6 is 11.8 Å². The fourth-order valence-corrected chi connectivity index (χ4v) is 5.92. The van der Waals surface area contributed by atoms with Gasteiger partial charge in [0, 0.05) is 60.7 Å². The van der Waals surface area contributed by atoms with Gasteiger partial charge in [-0.15, -0.1) is 11.8 Å². The molecule has 2 aliphatic heterocycles. The van der Waals surface area contributed by atoms with Gasteiger partial charge in [-0.1, -0.05) is 42.5 Å². The zero-order valence-electron chi connectivity index (χ0n) is 19.4. The molecule has 0 radical (unpaired) electrons. The third kappa shape index (κ3) is 4.74. The van der Waals surface area contributed by atoms with Crippen molar-refractivity contribution in [3.05, 3.63) is 89.5 Å². The molecule has 1 fully saturated rings. The fourth-order valence-electron chi connectivity index (χ4n) is 4.89. The second-order valence-corrected chi connectivity index (χ2v) is 10.2. The Hall–Kier alpha value is -2.92. The molecular formula is C28H31N3OS. The fraction of sp³-hybridized carbons (Fsp3) is 0.321. The molecule has 0 bridgehead atoms. The normalized spacial score (nSPS) is 18.2. The molecule has 5 rings (SSSR count). The second kappa shape index (κ2) is 9.52. The lowest BCUT2D eigenvalue weighted by atomic mass is 10.1. The van der Waals surface area contributed by atoms with Gasteiger partial charge < -0.3 is 14.7 Å². The molecule has 3 aromatic carbocycles. The molecule has 3 aromatic rings. The third-order valence-corrected chi connectivity index (χ3v) is 7.67. The minimum atomic E-state index is 0.142. The van der Waals surface area contributed by atoms with Crippen LogP contribution in [0.15, 0.2) is 77.7 Å². The smallest absolute Gasteiger partial charge is 0.254 e. The van der Waals surface area contributed by atoms with Gasteiger partial charge >= 0.3 is 0 Å². The standard InChI is InChI=1S/C28H31N3OS/c1-21-7-6-10-25(17-21)31-14-13-30(19-22(31)2)28(32)24-11-12-27-26(18-24)29(15-16-33-27)20-23-8-4-3-5-9-23/h3-12,17-18,22H,13-16,19-20H2,1-2H3/t22-/m1/s1. The summed E-state index contributed by atoms with van der Waals surface area (Å²) in [5.41, 5.74) is 5.80. The molecule has 0 saturated carbocycles. The predicted octanol–water partition coefficient (Wildman–Crippen LogP) is 5.46. The van der Waals surface area contributed by atoms with E-state index in [9.17, 15) is 4.79 Å². The van der Waals surface area contributed by atoms with Crippen LogP contribution in [0, 0.1) is 6.92 Å². The van der Waals surface area contributed by atoms with Crippen molar-refractivity contribution >= 4 is 29.0 Å². The van der Waals surface area contributed by atoms with E-state index in [2.05, 4.69) is 90.4 Å². The minimum absolute atomic E-state index is 0.142. The topological polar surface area (TPSA) is 26.8 Å². The van der Waals surface area contributed by atoms with Crippen LogP contribution in [0.4, 0.5) is 11.4 Å². The highest BCUT2D eigenvalue weighted by Crippen LogP contribution is 2.36. The number of anilines is 2. The average molecular weight is 458 g/mol. The first-order valence-corrected chi connectivity index (χ1v) is 12.8. The molecule has 0 N–H and O–H groups in total. The van der Waals surface area contributed by atoms with Crippen LogP contribution in [0.25, 0.3) is 0 Å². The van der Waals surface area contributed by atoms with Crippen LogP contribution in [-0.4, -0.2) is 48.8 Å². The van der Waals surface area contributed by atoms with Gasteiger partial charge in [0.2, 0.25) is 0 Å². The van der Waals surface area contributed by atoms with Gasteiger partial charge in [0.25, 0.3) is 5.91 Å². The SMILES string of the molecule is Cc1cccc(N2CCN(C(=O)c3ccc4c(c3)N(Cc3ccccc3)CCS4)C[C@H]2C)c1. The summed E-state index contributed by atoms with van der Waals surface area (Å²) in [5, 5.41) is 0. The van der Waals surface area contributed by atoms with Crippen LogP contribution in [-0.2, 0) is 6.54 Å². The maximum Gasteiger partial charge on any atom is 0.254 e. The highest BCUT2D eigenvalue weighted by Gasteiger charge is 2.28. The molecule has 1 amide bonds. The number of aryl methyl sites for hydroxylation is 1. The van der Waals surface area contributed by atoms with E-state index in [4.69, 9.17) is 0 Å². The third-order valence-electron chi connectivity index (χ3n) is 6.63. The summed E-state index contributed by atoms with van der Waals surface area (Å²) in [7, 11) is 0. The van der Waals surface area contributed by atoms with Crippen LogP contribution in [0.5, 0.6) is 0 Å². The summed E-state index contributed by atoms with van der Waals surface area (Å²) in [6.45, 7) is 8.56. The Morgan fingerprint density at radius 3 is 2.61 bits per heavy atom. The number of nitrogens with zero attached hydrogens (tertiary/aromatic N) is 3. The minimum Gasteiger partial charge on any atom is -0.365 e. The van der Waals surface area contributed by atoms with Crippen molar-refractivity contribution in [2.75, 3.05) is 41.7 Å². The first kappa shape index (κ1) is 21.9. The molecule has 0 aliphatic carbocycles. The van der Waals surface area contributed by atoms with Crippen molar-refractivity contribution in [1.82, 2.24) is 4.90 Å². The molecule has 1 saturated heterocycles. The van der Waals surface area contributed by atoms with Gasteiger partial charge in [-0.25, -0.2) is 0 Å². The second-order valence-electron chi connectivity index (χ2n) is 9.07. The lowest BCUT2D eigenvalue weighted by Crippen LogP contribution is -2.53. The molecule has 170 valence electrons. The quantitative estimate of drug-likeness (QED) is 0.520. The molecule has 2 heterocycles. The van der Waals surface area contributed by atoms with Crippen LogP contribution in [0.1, 0.15) is 28.4 Å². The van der Waals surface area contributed by atoms with Gasteiger partial charge in [0.15, 0.2) is 0 Å². The van der Waals surface area contributed by atoms with E-state index in [0.29, 0.717) is 0 Å². The zero-order valence-corrected chi connectivity index (χ0v) is 20.2. The number of amides is 1. The van der Waals surface area contributed by atoms with Gasteiger partial charge in [0.1, 0.15) is 0 Å². The first-order valence-electron chi connectivity index (χ1n) is 11.8. The highest BCUT2D eigenvalue weighted by atomic mass is 32.2. The molecule has 2 aliphatic rings. The van der Waals surface area contributed by atoms with Gasteiger partial charge in [-0.3, -0.25) is 4.79 Å². The average Bonchev–Trinajstić information content (AvgIpc) is 2.84. The number of carbonyl (C=O) groups excluding carboxylic acids is 1. The van der Waals surface area contributed by atoms with Crippen molar-refractivity contribution in [2.24, 2.45) is 0 Å². The molecule has 5 heteroatoms. The number of hydrogen-bond acceptors (Lipinski definition) is 4. The maximum atomic E-state index is 13.5. The number of piperazine rings is 1. The monoisotopic (exact) mass is 457 g/mol. The number of rotatable bonds is 4. The summed E-state index contributed by atoms with van der Waals surface area (Å²) >= 11 is 1.89. The summed E-state index contributed by atoms with van der Waals surface area (Å²) in [6, 6.07) is 25.8. The van der Waals surface area contributed by atoms with Crippen molar-refractivity contribution in [3.8, 4) is 0 Å². The maximum absolute atomic E-state index is 13.5. The van der Waals surface area contributed by atoms with Gasteiger partial charge in [-0.2, -0.15) is 0 Å². The van der Waals surface area contributed by atoms with Crippen LogP contribution < -0.4 is 9.80 Å². The zero-order chi connectivity index (χ0) is 22.8. The van der Waals surface area contributed by atoms with Crippen molar-refractivity contribution < 1.29 is 4.79 Å². The first-order chi connectivity index (χ1) is 16.1. The van der Waals surface area contributed by atoms with Gasteiger partial charge in [-0.05, 0) is 55.3 Å². The van der Waals surface area contributed by atoms with Crippen molar-refractivity contribution in [1.29, 1.82) is 0 Å². The number of carbonyl (C=O) groups is 1. The van der Waals surface area contributed by atoms with Crippen molar-refractivity contribution in [2.45, 2.75) is 31.3 Å². The lowest BCUT2D eigenvalue weighted by Gasteiger charge is -2.41. The highest BCUT2D eigenvalue weighted by molar-refractivity contribution is 7.99. The van der Waals surface area contributed by atoms with Crippen molar-refractivity contribution in [3.63, 3.8) is 0 Å². The van der Waals surface area contributed by atoms with Crippen LogP contribution in [0.2, 0.25) is 0 Å². The molecule has 33 heavy (non-hydrogen) atoms. The van der Waals surface area contributed by atoms with E-state index >= 15 is 0 Å². The number of benzene rings is 3. The molecular weight excluding hydrogens is 426 g/mol. The predicted molar refractivity (Wildman–Crippen MR) is 139 cm³/mol. The van der Waals surface area contributed by atoms with E-state index in [1.54, 1.807) is 0 Å². The molecule has 4 nitrogen and oxygen atoms in total. The van der Waals surface area contributed by atoms with E-state index < -0.39 is 0 Å². The van der Waals surface area contributed by atoms with E-state index in [0.717, 1.165) is 44.0 Å². The summed E-state index contributed by atoms with van der Waals surface area (Å²) in [5.74, 6) is 1.22. The Bertz CT molecular complexity index is 1130. The summed E-state index contributed by atoms with van der Waals surface area (Å²) < 4.78 is 0. The molecule has 1 atom stereocenters. The number of fused-ring (bicyclic) bond motifs is 1. The van der Waals surface area contributed by atoms with E-state index in [1.165, 1.54) is 27.4 Å². The summed E-state index contributed by atoms with van der Waals surface area (Å²) in [6.07, 6.45) is 0. The Balaban J connectivity index is 1.32.